The lowest BCUT2D eigenvalue weighted by molar-refractivity contribution is -0.115. The molecule has 6 heteroatoms. The van der Waals surface area contributed by atoms with Gasteiger partial charge in [-0.25, -0.2) is 4.39 Å². The molecule has 122 valence electrons. The Morgan fingerprint density at radius 1 is 1.17 bits per heavy atom. The zero-order valence-electron chi connectivity index (χ0n) is 12.7. The molecule has 0 bridgehead atoms. The smallest absolute Gasteiger partial charge is 0.228 e. The number of benzene rings is 2. The molecule has 1 amide bonds. The molecular formula is C18H15ClFN3O. The Morgan fingerprint density at radius 3 is 2.71 bits per heavy atom. The van der Waals surface area contributed by atoms with Crippen LogP contribution < -0.4 is 5.32 Å². The van der Waals surface area contributed by atoms with Crippen LogP contribution in [0.1, 0.15) is 11.1 Å². The fourth-order valence-electron chi connectivity index (χ4n) is 2.33. The van der Waals surface area contributed by atoms with Crippen molar-refractivity contribution in [1.29, 1.82) is 0 Å². The van der Waals surface area contributed by atoms with Gasteiger partial charge >= 0.3 is 0 Å². The standard InChI is InChI=1S/C18H15ClFN3O/c19-15-3-1-2-14(8-15)11-23-12-17(10-21-23)22-18(24)9-13-4-6-16(20)7-5-13/h1-8,10,12H,9,11H2,(H,22,24). The van der Waals surface area contributed by atoms with E-state index in [-0.39, 0.29) is 18.1 Å². The molecule has 0 aliphatic rings. The Kier molecular flexibility index (Phi) is 4.91. The summed E-state index contributed by atoms with van der Waals surface area (Å²) in [6, 6.07) is 13.4. The first-order valence-corrected chi connectivity index (χ1v) is 7.77. The van der Waals surface area contributed by atoms with Gasteiger partial charge in [0.1, 0.15) is 5.82 Å². The van der Waals surface area contributed by atoms with Crippen molar-refractivity contribution in [1.82, 2.24) is 9.78 Å². The van der Waals surface area contributed by atoms with Crippen molar-refractivity contribution in [2.24, 2.45) is 0 Å². The number of hydrogen-bond donors (Lipinski definition) is 1. The molecule has 0 atom stereocenters. The zero-order valence-corrected chi connectivity index (χ0v) is 13.5. The molecule has 0 aliphatic heterocycles. The molecule has 0 aliphatic carbocycles. The Hall–Kier alpha value is -2.66. The third-order valence-electron chi connectivity index (χ3n) is 3.43. The molecule has 0 unspecified atom stereocenters. The van der Waals surface area contributed by atoms with E-state index in [0.717, 1.165) is 11.1 Å². The topological polar surface area (TPSA) is 46.9 Å². The molecular weight excluding hydrogens is 329 g/mol. The van der Waals surface area contributed by atoms with Crippen molar-refractivity contribution in [3.63, 3.8) is 0 Å². The van der Waals surface area contributed by atoms with E-state index in [1.54, 1.807) is 29.2 Å². The molecule has 0 fully saturated rings. The average molecular weight is 344 g/mol. The lowest BCUT2D eigenvalue weighted by Crippen LogP contribution is -2.14. The molecule has 4 nitrogen and oxygen atoms in total. The second kappa shape index (κ2) is 7.27. The van der Waals surface area contributed by atoms with Gasteiger partial charge in [0.25, 0.3) is 0 Å². The van der Waals surface area contributed by atoms with Crippen molar-refractivity contribution in [2.45, 2.75) is 13.0 Å². The van der Waals surface area contributed by atoms with Gasteiger partial charge in [-0.05, 0) is 35.4 Å². The van der Waals surface area contributed by atoms with Crippen molar-refractivity contribution in [2.75, 3.05) is 5.32 Å². The lowest BCUT2D eigenvalue weighted by atomic mass is 10.1. The van der Waals surface area contributed by atoms with E-state index in [1.165, 1.54) is 12.1 Å². The van der Waals surface area contributed by atoms with E-state index in [0.29, 0.717) is 17.3 Å². The highest BCUT2D eigenvalue weighted by Crippen LogP contribution is 2.13. The highest BCUT2D eigenvalue weighted by Gasteiger charge is 2.07. The van der Waals surface area contributed by atoms with Gasteiger partial charge in [-0.3, -0.25) is 9.48 Å². The Bertz CT molecular complexity index is 845. The predicted octanol–water partition coefficient (Wildman–Crippen LogP) is 3.91. The maximum Gasteiger partial charge on any atom is 0.228 e. The summed E-state index contributed by atoms with van der Waals surface area (Å²) in [5.74, 6) is -0.495. The van der Waals surface area contributed by atoms with Crippen LogP contribution in [0.5, 0.6) is 0 Å². The van der Waals surface area contributed by atoms with Crippen molar-refractivity contribution < 1.29 is 9.18 Å². The second-order valence-corrected chi connectivity index (χ2v) is 5.84. The minimum absolute atomic E-state index is 0.177. The Labute approximate surface area is 143 Å². The van der Waals surface area contributed by atoms with E-state index in [9.17, 15) is 9.18 Å². The van der Waals surface area contributed by atoms with Gasteiger partial charge in [0, 0.05) is 11.2 Å². The third kappa shape index (κ3) is 4.43. The second-order valence-electron chi connectivity index (χ2n) is 5.41. The molecule has 1 aromatic heterocycles. The number of halogens is 2. The van der Waals surface area contributed by atoms with E-state index < -0.39 is 0 Å². The van der Waals surface area contributed by atoms with Crippen LogP contribution in [-0.2, 0) is 17.8 Å². The van der Waals surface area contributed by atoms with Gasteiger partial charge in [0.05, 0.1) is 24.8 Å². The number of hydrogen-bond acceptors (Lipinski definition) is 2. The molecule has 0 radical (unpaired) electrons. The largest absolute Gasteiger partial charge is 0.323 e. The first-order valence-electron chi connectivity index (χ1n) is 7.40. The van der Waals surface area contributed by atoms with E-state index in [1.807, 2.05) is 24.3 Å². The number of nitrogens with zero attached hydrogens (tertiary/aromatic N) is 2. The summed E-state index contributed by atoms with van der Waals surface area (Å²) in [5.41, 5.74) is 2.39. The monoisotopic (exact) mass is 343 g/mol. The molecule has 1 heterocycles. The van der Waals surface area contributed by atoms with Crippen molar-refractivity contribution in [3.05, 3.63) is 82.9 Å². The summed E-state index contributed by atoms with van der Waals surface area (Å²) in [4.78, 5) is 12.0. The van der Waals surface area contributed by atoms with Crippen LogP contribution in [0.25, 0.3) is 0 Å². The number of rotatable bonds is 5. The fourth-order valence-corrected chi connectivity index (χ4v) is 2.54. The number of carbonyl (C=O) groups excluding carboxylic acids is 1. The maximum absolute atomic E-state index is 12.9. The van der Waals surface area contributed by atoms with Gasteiger partial charge in [0.15, 0.2) is 0 Å². The van der Waals surface area contributed by atoms with Crippen molar-refractivity contribution >= 4 is 23.2 Å². The minimum atomic E-state index is -0.318. The molecule has 2 aromatic carbocycles. The lowest BCUT2D eigenvalue weighted by Gasteiger charge is -2.03. The number of carbonyl (C=O) groups is 1. The highest BCUT2D eigenvalue weighted by molar-refractivity contribution is 6.30. The summed E-state index contributed by atoms with van der Waals surface area (Å²) < 4.78 is 14.6. The van der Waals surface area contributed by atoms with E-state index in [4.69, 9.17) is 11.6 Å². The molecule has 0 saturated heterocycles. The quantitative estimate of drug-likeness (QED) is 0.763. The molecule has 0 saturated carbocycles. The Morgan fingerprint density at radius 2 is 1.96 bits per heavy atom. The van der Waals surface area contributed by atoms with Crippen LogP contribution in [0.3, 0.4) is 0 Å². The third-order valence-corrected chi connectivity index (χ3v) is 3.66. The summed E-state index contributed by atoms with van der Waals surface area (Å²) in [6.45, 7) is 0.564. The molecule has 24 heavy (non-hydrogen) atoms. The first-order chi connectivity index (χ1) is 11.6. The SMILES string of the molecule is O=C(Cc1ccc(F)cc1)Nc1cnn(Cc2cccc(Cl)c2)c1. The van der Waals surface area contributed by atoms with Gasteiger partial charge in [-0.2, -0.15) is 5.10 Å². The first kappa shape index (κ1) is 16.2. The number of nitrogens with one attached hydrogen (secondary N) is 1. The number of anilines is 1. The van der Waals surface area contributed by atoms with Gasteiger partial charge < -0.3 is 5.32 Å². The van der Waals surface area contributed by atoms with Crippen LogP contribution >= 0.6 is 11.6 Å². The number of aromatic nitrogens is 2. The molecule has 0 spiro atoms. The molecule has 1 N–H and O–H groups in total. The zero-order chi connectivity index (χ0) is 16.9. The normalized spacial score (nSPS) is 10.6. The van der Waals surface area contributed by atoms with Crippen LogP contribution in [0.15, 0.2) is 60.9 Å². The summed E-state index contributed by atoms with van der Waals surface area (Å²) in [6.07, 6.45) is 3.52. The Balaban J connectivity index is 1.59. The minimum Gasteiger partial charge on any atom is -0.323 e. The van der Waals surface area contributed by atoms with Gasteiger partial charge in [-0.1, -0.05) is 35.9 Å². The number of amides is 1. The summed E-state index contributed by atoms with van der Waals surface area (Å²) >= 11 is 5.96. The fraction of sp³-hybridized carbons (Fsp3) is 0.111. The van der Waals surface area contributed by atoms with E-state index >= 15 is 0 Å². The average Bonchev–Trinajstić information content (AvgIpc) is 2.96. The maximum atomic E-state index is 12.9. The van der Waals surface area contributed by atoms with Crippen LogP contribution in [0.2, 0.25) is 5.02 Å². The van der Waals surface area contributed by atoms with Crippen molar-refractivity contribution in [3.8, 4) is 0 Å². The van der Waals surface area contributed by atoms with E-state index in [2.05, 4.69) is 10.4 Å². The van der Waals surface area contributed by atoms with Gasteiger partial charge in [-0.15, -0.1) is 0 Å². The summed E-state index contributed by atoms with van der Waals surface area (Å²) in [7, 11) is 0. The predicted molar refractivity (Wildman–Crippen MR) is 91.5 cm³/mol. The van der Waals surface area contributed by atoms with Crippen LogP contribution in [0, 0.1) is 5.82 Å². The van der Waals surface area contributed by atoms with Gasteiger partial charge in [0.2, 0.25) is 5.91 Å². The van der Waals surface area contributed by atoms with Crippen LogP contribution in [0.4, 0.5) is 10.1 Å². The molecule has 3 rings (SSSR count). The van der Waals surface area contributed by atoms with Crippen LogP contribution in [-0.4, -0.2) is 15.7 Å². The highest BCUT2D eigenvalue weighted by atomic mass is 35.5. The molecule has 3 aromatic rings. The summed E-state index contributed by atoms with van der Waals surface area (Å²) in [5, 5.41) is 7.68.